The summed E-state index contributed by atoms with van der Waals surface area (Å²) in [6, 6.07) is 15.8. The highest BCUT2D eigenvalue weighted by atomic mass is 19.1. The number of rotatable bonds is 6. The molecule has 0 aliphatic carbocycles. The molecule has 1 fully saturated rings. The summed E-state index contributed by atoms with van der Waals surface area (Å²) in [6.07, 6.45) is 1.62. The highest BCUT2D eigenvalue weighted by molar-refractivity contribution is 5.85. The number of aromatic amines is 1. The van der Waals surface area contributed by atoms with Crippen LogP contribution in [0.4, 0.5) is 10.1 Å². The predicted octanol–water partition coefficient (Wildman–Crippen LogP) is 3.82. The van der Waals surface area contributed by atoms with Crippen LogP contribution >= 0.6 is 0 Å². The van der Waals surface area contributed by atoms with E-state index in [-0.39, 0.29) is 11.4 Å². The Morgan fingerprint density at radius 1 is 1.03 bits per heavy atom. The zero-order chi connectivity index (χ0) is 26.2. The van der Waals surface area contributed by atoms with Crippen LogP contribution in [-0.4, -0.2) is 56.3 Å². The standard InChI is InChI=1S/C28H28FN7O2/c1-18-5-6-19(2)25-23(18)16-24(28(37)30-25)26(27-31-32-33-36(27)17-22-4-3-15-38-22)35-13-11-34(12-14-35)21-9-7-20(29)8-10-21/h3-10,15-16,26H,11-14,17H2,1-2H3,(H,30,37). The maximum Gasteiger partial charge on any atom is 0.253 e. The Balaban J connectivity index is 1.40. The molecule has 1 unspecified atom stereocenters. The van der Waals surface area contributed by atoms with Crippen molar-refractivity contribution < 1.29 is 8.81 Å². The third-order valence-electron chi connectivity index (χ3n) is 7.33. The van der Waals surface area contributed by atoms with Gasteiger partial charge >= 0.3 is 0 Å². The van der Waals surface area contributed by atoms with Crippen molar-refractivity contribution in [1.29, 1.82) is 0 Å². The maximum atomic E-state index is 13.6. The van der Waals surface area contributed by atoms with Crippen molar-refractivity contribution in [2.75, 3.05) is 31.1 Å². The number of piperazine rings is 1. The van der Waals surface area contributed by atoms with Gasteiger partial charge in [0, 0.05) is 42.8 Å². The number of hydrogen-bond acceptors (Lipinski definition) is 7. The normalized spacial score (nSPS) is 15.3. The number of fused-ring (bicyclic) bond motifs is 1. The second-order valence-corrected chi connectivity index (χ2v) is 9.72. The summed E-state index contributed by atoms with van der Waals surface area (Å²) in [5.41, 5.74) is 4.34. The molecule has 0 amide bonds. The van der Waals surface area contributed by atoms with E-state index in [0.29, 0.717) is 44.1 Å². The van der Waals surface area contributed by atoms with E-state index in [1.807, 2.05) is 38.1 Å². The second kappa shape index (κ2) is 9.86. The van der Waals surface area contributed by atoms with E-state index in [2.05, 4.69) is 36.4 Å². The van der Waals surface area contributed by atoms with Gasteiger partial charge in [-0.05, 0) is 77.9 Å². The van der Waals surface area contributed by atoms with Gasteiger partial charge in [-0.3, -0.25) is 9.69 Å². The second-order valence-electron chi connectivity index (χ2n) is 9.72. The molecule has 0 spiro atoms. The molecular formula is C28H28FN7O2. The van der Waals surface area contributed by atoms with Crippen LogP contribution in [0.15, 0.2) is 70.1 Å². The van der Waals surface area contributed by atoms with Crippen LogP contribution < -0.4 is 10.5 Å². The van der Waals surface area contributed by atoms with Crippen molar-refractivity contribution in [2.24, 2.45) is 0 Å². The summed E-state index contributed by atoms with van der Waals surface area (Å²) in [5.74, 6) is 1.04. The molecule has 0 bridgehead atoms. The van der Waals surface area contributed by atoms with Crippen molar-refractivity contribution in [3.8, 4) is 0 Å². The van der Waals surface area contributed by atoms with E-state index in [1.165, 1.54) is 12.1 Å². The lowest BCUT2D eigenvalue weighted by atomic mass is 9.99. The van der Waals surface area contributed by atoms with E-state index in [4.69, 9.17) is 4.42 Å². The van der Waals surface area contributed by atoms with Gasteiger partial charge in [-0.1, -0.05) is 12.1 Å². The average molecular weight is 514 g/mol. The predicted molar refractivity (Wildman–Crippen MR) is 142 cm³/mol. The molecule has 1 aliphatic rings. The lowest BCUT2D eigenvalue weighted by Crippen LogP contribution is -2.49. The van der Waals surface area contributed by atoms with Crippen molar-refractivity contribution >= 4 is 16.6 Å². The molecule has 1 aliphatic heterocycles. The monoisotopic (exact) mass is 513 g/mol. The molecule has 38 heavy (non-hydrogen) atoms. The SMILES string of the molecule is Cc1ccc(C)c2[nH]c(=O)c(C(c3nnnn3Cc3ccco3)N3CCN(c4ccc(F)cc4)CC3)cc12. The van der Waals surface area contributed by atoms with E-state index < -0.39 is 6.04 Å². The molecule has 3 aromatic heterocycles. The maximum absolute atomic E-state index is 13.6. The third-order valence-corrected chi connectivity index (χ3v) is 7.33. The average Bonchev–Trinajstić information content (AvgIpc) is 3.61. The molecule has 0 radical (unpaired) electrons. The van der Waals surface area contributed by atoms with E-state index in [0.717, 1.165) is 33.5 Å². The molecule has 10 heteroatoms. The lowest BCUT2D eigenvalue weighted by Gasteiger charge is -2.39. The van der Waals surface area contributed by atoms with E-state index in [1.54, 1.807) is 23.1 Å². The summed E-state index contributed by atoms with van der Waals surface area (Å²) in [5, 5.41) is 13.6. The zero-order valence-electron chi connectivity index (χ0n) is 21.3. The van der Waals surface area contributed by atoms with Gasteiger partial charge in [0.1, 0.15) is 24.2 Å². The number of nitrogens with one attached hydrogen (secondary N) is 1. The molecule has 1 N–H and O–H groups in total. The van der Waals surface area contributed by atoms with Gasteiger partial charge < -0.3 is 14.3 Å². The Hall–Kier alpha value is -4.31. The first-order chi connectivity index (χ1) is 18.5. The first-order valence-electron chi connectivity index (χ1n) is 12.6. The number of benzene rings is 2. The van der Waals surface area contributed by atoms with Gasteiger partial charge in [0.2, 0.25) is 0 Å². The molecule has 6 rings (SSSR count). The number of halogens is 1. The quantitative estimate of drug-likeness (QED) is 0.369. The molecule has 9 nitrogen and oxygen atoms in total. The number of aromatic nitrogens is 5. The van der Waals surface area contributed by atoms with Crippen molar-refractivity contribution in [2.45, 2.75) is 26.4 Å². The van der Waals surface area contributed by atoms with E-state index >= 15 is 0 Å². The summed E-state index contributed by atoms with van der Waals surface area (Å²) in [7, 11) is 0. The lowest BCUT2D eigenvalue weighted by molar-refractivity contribution is 0.200. The van der Waals surface area contributed by atoms with Gasteiger partial charge in [-0.15, -0.1) is 5.10 Å². The number of H-pyrrole nitrogens is 1. The minimum atomic E-state index is -0.469. The Labute approximate surface area is 218 Å². The Kier molecular flexibility index (Phi) is 6.24. The fourth-order valence-corrected chi connectivity index (χ4v) is 5.25. The third kappa shape index (κ3) is 4.47. The number of hydrogen-bond donors (Lipinski definition) is 1. The van der Waals surface area contributed by atoms with Gasteiger partial charge in [-0.25, -0.2) is 9.07 Å². The minimum absolute atomic E-state index is 0.162. The Morgan fingerprint density at radius 2 is 1.79 bits per heavy atom. The van der Waals surface area contributed by atoms with Crippen LogP contribution in [0, 0.1) is 19.7 Å². The summed E-state index contributed by atoms with van der Waals surface area (Å²) in [6.45, 7) is 7.15. The highest BCUT2D eigenvalue weighted by Crippen LogP contribution is 2.30. The largest absolute Gasteiger partial charge is 0.467 e. The smallest absolute Gasteiger partial charge is 0.253 e. The molecule has 194 valence electrons. The molecule has 5 aromatic rings. The van der Waals surface area contributed by atoms with Crippen LogP contribution in [0.5, 0.6) is 0 Å². The zero-order valence-corrected chi connectivity index (χ0v) is 21.3. The first kappa shape index (κ1) is 24.1. The fraction of sp³-hybridized carbons (Fsp3) is 0.286. The number of furan rings is 1. The van der Waals surface area contributed by atoms with Gasteiger partial charge in [-0.2, -0.15) is 0 Å². The number of tetrazole rings is 1. The molecular weight excluding hydrogens is 485 g/mol. The summed E-state index contributed by atoms with van der Waals surface area (Å²) >= 11 is 0. The summed E-state index contributed by atoms with van der Waals surface area (Å²) in [4.78, 5) is 21.2. The highest BCUT2D eigenvalue weighted by Gasteiger charge is 2.33. The van der Waals surface area contributed by atoms with E-state index in [9.17, 15) is 9.18 Å². The Morgan fingerprint density at radius 3 is 2.53 bits per heavy atom. The van der Waals surface area contributed by atoms with Crippen molar-refractivity contribution in [3.63, 3.8) is 0 Å². The van der Waals surface area contributed by atoms with Crippen molar-refractivity contribution in [1.82, 2.24) is 30.1 Å². The van der Waals surface area contributed by atoms with Crippen molar-refractivity contribution in [3.05, 3.63) is 105 Å². The van der Waals surface area contributed by atoms with Crippen LogP contribution in [0.2, 0.25) is 0 Å². The first-order valence-corrected chi connectivity index (χ1v) is 12.6. The van der Waals surface area contributed by atoms with Gasteiger partial charge in [0.15, 0.2) is 5.82 Å². The van der Waals surface area contributed by atoms with Gasteiger partial charge in [0.05, 0.1) is 11.8 Å². The van der Waals surface area contributed by atoms with Crippen LogP contribution in [0.25, 0.3) is 10.9 Å². The van der Waals surface area contributed by atoms with Gasteiger partial charge in [0.25, 0.3) is 5.56 Å². The van der Waals surface area contributed by atoms with Crippen LogP contribution in [0.3, 0.4) is 0 Å². The molecule has 0 saturated carbocycles. The molecule has 1 atom stereocenters. The number of aryl methyl sites for hydroxylation is 2. The van der Waals surface area contributed by atoms with Crippen LogP contribution in [0.1, 0.15) is 34.3 Å². The number of nitrogens with zero attached hydrogens (tertiary/aromatic N) is 6. The number of anilines is 1. The molecule has 2 aromatic carbocycles. The Bertz CT molecular complexity index is 1620. The molecule has 1 saturated heterocycles. The number of pyridine rings is 1. The summed E-state index contributed by atoms with van der Waals surface area (Å²) < 4.78 is 20.7. The van der Waals surface area contributed by atoms with Crippen LogP contribution in [-0.2, 0) is 6.54 Å². The molecule has 4 heterocycles. The topological polar surface area (TPSA) is 96.1 Å². The minimum Gasteiger partial charge on any atom is -0.467 e. The fourth-order valence-electron chi connectivity index (χ4n) is 5.25.